The van der Waals surface area contributed by atoms with Crippen LogP contribution >= 0.6 is 11.3 Å². The van der Waals surface area contributed by atoms with E-state index < -0.39 is 0 Å². The van der Waals surface area contributed by atoms with Crippen LogP contribution in [0.1, 0.15) is 0 Å². The summed E-state index contributed by atoms with van der Waals surface area (Å²) in [5.41, 5.74) is 8.34. The average molecular weight is 669 g/mol. The summed E-state index contributed by atoms with van der Waals surface area (Å²) in [7, 11) is 0. The highest BCUT2D eigenvalue weighted by Gasteiger charge is 2.17. The first-order chi connectivity index (χ1) is 25.3. The van der Waals surface area contributed by atoms with Crippen LogP contribution in [0, 0.1) is 0 Å². The highest BCUT2D eigenvalue weighted by atomic mass is 32.1. The minimum atomic E-state index is 0.651. The van der Waals surface area contributed by atoms with E-state index in [1.165, 1.54) is 41.9 Å². The molecule has 3 aromatic heterocycles. The van der Waals surface area contributed by atoms with Crippen LogP contribution in [-0.2, 0) is 0 Å². The van der Waals surface area contributed by atoms with Gasteiger partial charge in [-0.05, 0) is 29.3 Å². The molecule has 0 saturated carbocycles. The molecular weight excluding hydrogens is 641 g/mol. The van der Waals surface area contributed by atoms with Crippen molar-refractivity contribution in [3.8, 4) is 56.5 Å². The van der Waals surface area contributed by atoms with Crippen molar-refractivity contribution < 1.29 is 0 Å². The van der Waals surface area contributed by atoms with E-state index in [1.54, 1.807) is 0 Å². The highest BCUT2D eigenvalue weighted by Crippen LogP contribution is 2.44. The molecule has 3 heterocycles. The Morgan fingerprint density at radius 2 is 0.824 bits per heavy atom. The van der Waals surface area contributed by atoms with E-state index in [-0.39, 0.29) is 0 Å². The molecule has 5 heteroatoms. The molecule has 4 nitrogen and oxygen atoms in total. The SMILES string of the molecule is c1ccc(-c2nc(-c3ccccc3)nc(-c3ccc(-c4ccc5c(c4)sc4ccc6c(-c7ccccc7)nc7ccccc7c6c45)cc3)n2)cc1. The largest absolute Gasteiger partial charge is 0.247 e. The van der Waals surface area contributed by atoms with Gasteiger partial charge in [-0.2, -0.15) is 0 Å². The fraction of sp³-hybridized carbons (Fsp3) is 0. The number of hydrogen-bond donors (Lipinski definition) is 0. The summed E-state index contributed by atoms with van der Waals surface area (Å²) in [6.07, 6.45) is 0. The Morgan fingerprint density at radius 1 is 0.314 bits per heavy atom. The zero-order valence-corrected chi connectivity index (χ0v) is 28.2. The maximum atomic E-state index is 5.16. The van der Waals surface area contributed by atoms with Crippen molar-refractivity contribution in [3.05, 3.63) is 170 Å². The van der Waals surface area contributed by atoms with E-state index in [4.69, 9.17) is 19.9 Å². The van der Waals surface area contributed by atoms with Gasteiger partial charge in [-0.3, -0.25) is 0 Å². The lowest BCUT2D eigenvalue weighted by atomic mass is 9.95. The molecule has 0 spiro atoms. The van der Waals surface area contributed by atoms with Crippen LogP contribution in [0.3, 0.4) is 0 Å². The molecule has 0 fully saturated rings. The second kappa shape index (κ2) is 12.1. The van der Waals surface area contributed by atoms with Crippen LogP contribution in [0.25, 0.3) is 98.4 Å². The second-order valence-corrected chi connectivity index (χ2v) is 13.7. The van der Waals surface area contributed by atoms with Crippen LogP contribution < -0.4 is 0 Å². The molecule has 51 heavy (non-hydrogen) atoms. The number of hydrogen-bond acceptors (Lipinski definition) is 5. The third kappa shape index (κ3) is 5.14. The second-order valence-electron chi connectivity index (χ2n) is 12.6. The zero-order valence-electron chi connectivity index (χ0n) is 27.4. The lowest BCUT2D eigenvalue weighted by molar-refractivity contribution is 1.07. The molecule has 238 valence electrons. The Morgan fingerprint density at radius 3 is 1.47 bits per heavy atom. The molecule has 0 aliphatic heterocycles. The highest BCUT2D eigenvalue weighted by molar-refractivity contribution is 7.26. The molecule has 10 rings (SSSR count). The van der Waals surface area contributed by atoms with Crippen molar-refractivity contribution in [1.82, 2.24) is 19.9 Å². The summed E-state index contributed by atoms with van der Waals surface area (Å²) in [5, 5.41) is 6.19. The van der Waals surface area contributed by atoms with Gasteiger partial charge in [0.2, 0.25) is 0 Å². The maximum Gasteiger partial charge on any atom is 0.164 e. The summed E-state index contributed by atoms with van der Waals surface area (Å²) < 4.78 is 2.54. The molecule has 0 saturated heterocycles. The zero-order chi connectivity index (χ0) is 33.7. The van der Waals surface area contributed by atoms with Gasteiger partial charge in [-0.15, -0.1) is 11.3 Å². The normalized spacial score (nSPS) is 11.5. The predicted molar refractivity (Wildman–Crippen MR) is 213 cm³/mol. The van der Waals surface area contributed by atoms with E-state index in [9.17, 15) is 0 Å². The van der Waals surface area contributed by atoms with E-state index in [0.29, 0.717) is 17.5 Å². The van der Waals surface area contributed by atoms with Crippen LogP contribution in [0.4, 0.5) is 0 Å². The first kappa shape index (κ1) is 29.4. The number of nitrogens with zero attached hydrogens (tertiary/aromatic N) is 4. The van der Waals surface area contributed by atoms with Gasteiger partial charge in [0.05, 0.1) is 11.2 Å². The van der Waals surface area contributed by atoms with Crippen LogP contribution in [0.2, 0.25) is 0 Å². The first-order valence-electron chi connectivity index (χ1n) is 17.0. The number of fused-ring (bicyclic) bond motifs is 7. The number of thiophene rings is 1. The fourth-order valence-electron chi connectivity index (χ4n) is 7.05. The number of aromatic nitrogens is 4. The van der Waals surface area contributed by atoms with Crippen molar-refractivity contribution in [2.24, 2.45) is 0 Å². The average Bonchev–Trinajstić information content (AvgIpc) is 3.59. The summed E-state index contributed by atoms with van der Waals surface area (Å²) in [4.78, 5) is 19.8. The standard InChI is InChI=1S/C46H28N4S/c1-4-12-30(13-5-1)43-37-26-27-39-42(41(37)35-18-10-11-19-38(35)47-43)36-25-24-34(28-40(36)51-39)29-20-22-33(23-21-29)46-49-44(31-14-6-2-7-15-31)48-45(50-46)32-16-8-3-9-17-32/h1-28H. The van der Waals surface area contributed by atoms with E-state index in [1.807, 2.05) is 72.0 Å². The minimum Gasteiger partial charge on any atom is -0.247 e. The van der Waals surface area contributed by atoms with Gasteiger partial charge in [-0.25, -0.2) is 19.9 Å². The van der Waals surface area contributed by atoms with Crippen molar-refractivity contribution in [2.45, 2.75) is 0 Å². The Balaban J connectivity index is 1.08. The monoisotopic (exact) mass is 668 g/mol. The number of rotatable bonds is 5. The Bertz CT molecular complexity index is 2830. The lowest BCUT2D eigenvalue weighted by Gasteiger charge is -2.11. The molecule has 0 N–H and O–H groups in total. The van der Waals surface area contributed by atoms with Gasteiger partial charge in [0.25, 0.3) is 0 Å². The quantitative estimate of drug-likeness (QED) is 0.171. The summed E-state index contributed by atoms with van der Waals surface area (Å²) >= 11 is 1.85. The van der Waals surface area contributed by atoms with Gasteiger partial charge in [0, 0.05) is 58.6 Å². The molecule has 0 atom stereocenters. The molecule has 7 aromatic carbocycles. The van der Waals surface area contributed by atoms with E-state index in [0.717, 1.165) is 39.0 Å². The Kier molecular flexibility index (Phi) is 6.96. The molecule has 10 aromatic rings. The molecule has 0 bridgehead atoms. The van der Waals surface area contributed by atoms with Gasteiger partial charge < -0.3 is 0 Å². The molecule has 0 radical (unpaired) electrons. The van der Waals surface area contributed by atoms with Crippen molar-refractivity contribution in [1.29, 1.82) is 0 Å². The van der Waals surface area contributed by atoms with E-state index >= 15 is 0 Å². The van der Waals surface area contributed by atoms with Gasteiger partial charge >= 0.3 is 0 Å². The van der Waals surface area contributed by atoms with Crippen LogP contribution in [-0.4, -0.2) is 19.9 Å². The third-order valence-corrected chi connectivity index (χ3v) is 10.6. The van der Waals surface area contributed by atoms with Gasteiger partial charge in [0.1, 0.15) is 0 Å². The van der Waals surface area contributed by atoms with Crippen molar-refractivity contribution in [2.75, 3.05) is 0 Å². The molecule has 0 unspecified atom stereocenters. The van der Waals surface area contributed by atoms with Gasteiger partial charge in [0.15, 0.2) is 17.5 Å². The molecule has 0 aliphatic carbocycles. The first-order valence-corrected chi connectivity index (χ1v) is 17.8. The van der Waals surface area contributed by atoms with Crippen LogP contribution in [0.5, 0.6) is 0 Å². The summed E-state index contributed by atoms with van der Waals surface area (Å²) in [6, 6.07) is 59.1. The van der Waals surface area contributed by atoms with Crippen LogP contribution in [0.15, 0.2) is 170 Å². The summed E-state index contributed by atoms with van der Waals surface area (Å²) in [5.74, 6) is 1.97. The third-order valence-electron chi connectivity index (χ3n) is 9.52. The predicted octanol–water partition coefficient (Wildman–Crippen LogP) is 12.3. The summed E-state index contributed by atoms with van der Waals surface area (Å²) in [6.45, 7) is 0. The topological polar surface area (TPSA) is 51.6 Å². The lowest BCUT2D eigenvalue weighted by Crippen LogP contribution is -2.00. The smallest absolute Gasteiger partial charge is 0.164 e. The van der Waals surface area contributed by atoms with Gasteiger partial charge in [-0.1, -0.05) is 152 Å². The number of benzene rings is 7. The molecule has 0 amide bonds. The Hall–Kier alpha value is -6.56. The molecule has 0 aliphatic rings. The number of pyridine rings is 1. The maximum absolute atomic E-state index is 5.16. The number of para-hydroxylation sites is 1. The van der Waals surface area contributed by atoms with Crippen molar-refractivity contribution >= 4 is 53.2 Å². The van der Waals surface area contributed by atoms with E-state index in [2.05, 4.69) is 109 Å². The fourth-order valence-corrected chi connectivity index (χ4v) is 8.21. The minimum absolute atomic E-state index is 0.651. The Labute approximate surface area is 298 Å². The van der Waals surface area contributed by atoms with Crippen molar-refractivity contribution in [3.63, 3.8) is 0 Å². The molecular formula is C46H28N4S.